The number of carbonyl (C=O) groups is 12. The summed E-state index contributed by atoms with van der Waals surface area (Å²) in [5.74, 6) is -13.2. The Bertz CT molecular complexity index is 3110. The molecule has 2 aromatic heterocycles. The standard InChI is InChI=1S/C58H74F2N12O15/c1-33(66-47(76)25-35-17-20-62-21-18-35)53(83)67-34(2)54(84)70-43(28-45(61)74)57(87)69-42(56(86)64-23-22-63-55(85)41(13-15-50(79)80)68-48(77)29-65-46(75)14-16-51(81)82)19-24-72(49(78)32-73)52(58(3,4)5)44-26-37(39-27-38(59)11-12-40(39)60)31-71(44)30-36-9-7-6-8-10-36/h6-12,17-18,20-21,26-27,31,33-34,41-43,52,73H,13-16,19,22-25,28-30,32H2,1-5H3,(H2,61,74)(H,63,85)(H,64,86)(H,65,75)(H,66,76)(H,67,83)(H,68,77)(H,69,87)(H,70,84)(H,79,80)(H,81,82)/t33-,34+,41+,42-,43-,52-/m0/s1. The fourth-order valence-electron chi connectivity index (χ4n) is 8.95. The number of benzene rings is 2. The van der Waals surface area contributed by atoms with Crippen molar-refractivity contribution in [2.24, 2.45) is 11.1 Å². The number of hydrogen-bond acceptors (Lipinski definition) is 14. The number of primary amides is 1. The molecule has 0 saturated heterocycles. The molecule has 29 heteroatoms. The number of carboxylic acids is 2. The molecule has 0 bridgehead atoms. The number of aromatic nitrogens is 2. The Morgan fingerprint density at radius 3 is 1.84 bits per heavy atom. The van der Waals surface area contributed by atoms with Crippen molar-refractivity contribution in [2.45, 2.75) is 122 Å². The van der Waals surface area contributed by atoms with E-state index in [-0.39, 0.29) is 24.1 Å². The Kier molecular flexibility index (Phi) is 27.1. The monoisotopic (exact) mass is 1220 g/mol. The van der Waals surface area contributed by atoms with Crippen molar-refractivity contribution in [3.05, 3.63) is 114 Å². The van der Waals surface area contributed by atoms with Gasteiger partial charge >= 0.3 is 11.9 Å². The maximum Gasteiger partial charge on any atom is 0.303 e. The zero-order valence-corrected chi connectivity index (χ0v) is 48.7. The van der Waals surface area contributed by atoms with Crippen molar-refractivity contribution in [2.75, 3.05) is 32.8 Å². The van der Waals surface area contributed by atoms with Gasteiger partial charge in [0, 0.05) is 74.4 Å². The second-order valence-corrected chi connectivity index (χ2v) is 21.3. The average Bonchev–Trinajstić information content (AvgIpc) is 1.86. The van der Waals surface area contributed by atoms with Gasteiger partial charge in [0.15, 0.2) is 0 Å². The number of pyridine rings is 1. The lowest BCUT2D eigenvalue weighted by Gasteiger charge is -2.41. The Labute approximate surface area is 499 Å². The van der Waals surface area contributed by atoms with Crippen LogP contribution in [0.4, 0.5) is 8.78 Å². The first-order chi connectivity index (χ1) is 41.1. The zero-order valence-electron chi connectivity index (χ0n) is 48.7. The molecule has 27 nitrogen and oxygen atoms in total. The number of aliphatic hydroxyl groups excluding tert-OH is 1. The first-order valence-corrected chi connectivity index (χ1v) is 27.6. The number of nitrogens with one attached hydrogen (secondary N) is 8. The number of aliphatic hydroxyl groups is 1. The molecular formula is C58H74F2N12O15. The fourth-order valence-corrected chi connectivity index (χ4v) is 8.95. The summed E-state index contributed by atoms with van der Waals surface area (Å²) in [4.78, 5) is 160. The van der Waals surface area contributed by atoms with Crippen molar-refractivity contribution in [1.29, 1.82) is 0 Å². The molecule has 4 aromatic rings. The lowest BCUT2D eigenvalue weighted by molar-refractivity contribution is -0.140. The molecule has 470 valence electrons. The lowest BCUT2D eigenvalue weighted by atomic mass is 9.82. The van der Waals surface area contributed by atoms with Gasteiger partial charge in [-0.1, -0.05) is 51.1 Å². The third-order valence-electron chi connectivity index (χ3n) is 13.2. The summed E-state index contributed by atoms with van der Waals surface area (Å²) in [5, 5.41) is 47.9. The first kappa shape index (κ1) is 69.8. The van der Waals surface area contributed by atoms with Gasteiger partial charge in [-0.3, -0.25) is 62.5 Å². The molecule has 0 spiro atoms. The van der Waals surface area contributed by atoms with Gasteiger partial charge < -0.3 is 73.1 Å². The Morgan fingerprint density at radius 2 is 1.24 bits per heavy atom. The number of amides is 10. The Balaban J connectivity index is 1.65. The van der Waals surface area contributed by atoms with Crippen LogP contribution in [-0.2, 0) is 70.5 Å². The van der Waals surface area contributed by atoms with E-state index in [1.807, 2.05) is 12.1 Å². The van der Waals surface area contributed by atoms with Crippen LogP contribution in [0.2, 0.25) is 0 Å². The maximum atomic E-state index is 15.5. The second kappa shape index (κ2) is 33.7. The van der Waals surface area contributed by atoms with Gasteiger partial charge in [0.1, 0.15) is 48.5 Å². The van der Waals surface area contributed by atoms with Crippen molar-refractivity contribution >= 4 is 71.0 Å². The van der Waals surface area contributed by atoms with Crippen LogP contribution in [0.3, 0.4) is 0 Å². The molecule has 87 heavy (non-hydrogen) atoms. The van der Waals surface area contributed by atoms with Crippen LogP contribution < -0.4 is 48.3 Å². The fraction of sp³-hybridized carbons (Fsp3) is 0.431. The van der Waals surface area contributed by atoms with Crippen LogP contribution in [0.5, 0.6) is 0 Å². The summed E-state index contributed by atoms with van der Waals surface area (Å²) in [7, 11) is 0. The van der Waals surface area contributed by atoms with Crippen molar-refractivity contribution in [1.82, 2.24) is 57.0 Å². The van der Waals surface area contributed by atoms with Crippen molar-refractivity contribution in [3.8, 4) is 11.1 Å². The van der Waals surface area contributed by atoms with Crippen LogP contribution in [0.1, 0.15) is 96.0 Å². The Morgan fingerprint density at radius 1 is 0.644 bits per heavy atom. The molecule has 4 rings (SSSR count). The van der Waals surface area contributed by atoms with Gasteiger partial charge in [-0.05, 0) is 79.6 Å². The summed E-state index contributed by atoms with van der Waals surface area (Å²) in [6.07, 6.45) is 1.11. The van der Waals surface area contributed by atoms with E-state index in [1.165, 1.54) is 31.1 Å². The molecule has 0 aliphatic rings. The van der Waals surface area contributed by atoms with Gasteiger partial charge in [-0.15, -0.1) is 0 Å². The van der Waals surface area contributed by atoms with Crippen LogP contribution in [-0.4, -0.2) is 164 Å². The van der Waals surface area contributed by atoms with Crippen LogP contribution >= 0.6 is 0 Å². The van der Waals surface area contributed by atoms with Crippen molar-refractivity contribution in [3.63, 3.8) is 0 Å². The van der Waals surface area contributed by atoms with E-state index in [1.54, 1.807) is 67.9 Å². The quantitative estimate of drug-likeness (QED) is 0.0270. The number of nitrogens with zero attached hydrogens (tertiary/aromatic N) is 3. The van der Waals surface area contributed by atoms with Gasteiger partial charge in [0.05, 0.1) is 31.8 Å². The SMILES string of the molecule is C[C@H](NC(=O)Cc1ccncc1)C(=O)N[C@H](C)C(=O)N[C@@H](CC(N)=O)C(=O)N[C@@H](CCN(C(=O)CO)[C@@H](c1cc(-c2cc(F)ccc2F)cn1Cc1ccccc1)C(C)(C)C)C(=O)NCCNC(=O)[C@@H](CCC(=O)O)NC(=O)CNC(=O)CCC(=O)O. The molecule has 0 saturated carbocycles. The van der Waals surface area contributed by atoms with E-state index in [0.29, 0.717) is 11.3 Å². The normalized spacial score (nSPS) is 13.1. The minimum Gasteiger partial charge on any atom is -0.481 e. The molecule has 2 heterocycles. The maximum absolute atomic E-state index is 15.5. The summed E-state index contributed by atoms with van der Waals surface area (Å²) >= 11 is 0. The molecule has 13 N–H and O–H groups in total. The highest BCUT2D eigenvalue weighted by atomic mass is 19.1. The summed E-state index contributed by atoms with van der Waals surface area (Å²) in [6, 6.07) is 8.10. The van der Waals surface area contributed by atoms with E-state index >= 15 is 4.39 Å². The van der Waals surface area contributed by atoms with Gasteiger partial charge in [0.2, 0.25) is 59.1 Å². The number of carbonyl (C=O) groups excluding carboxylic acids is 10. The second-order valence-electron chi connectivity index (χ2n) is 21.3. The molecule has 0 unspecified atom stereocenters. The number of aliphatic carboxylic acids is 2. The molecule has 10 amide bonds. The molecular weight excluding hydrogens is 1140 g/mol. The molecule has 6 atom stereocenters. The summed E-state index contributed by atoms with van der Waals surface area (Å²) in [5.41, 5.74) is 6.45. The van der Waals surface area contributed by atoms with Crippen molar-refractivity contribution < 1.29 is 81.6 Å². The van der Waals surface area contributed by atoms with Gasteiger partial charge in [-0.25, -0.2) is 8.78 Å². The number of nitrogens with two attached hydrogens (primary N) is 1. The number of carboxylic acid groups (broad SMARTS) is 2. The predicted molar refractivity (Wildman–Crippen MR) is 306 cm³/mol. The van der Waals surface area contributed by atoms with Gasteiger partial charge in [0.25, 0.3) is 0 Å². The van der Waals surface area contributed by atoms with Crippen LogP contribution in [0.15, 0.2) is 85.3 Å². The third kappa shape index (κ3) is 23.4. The number of hydrogen-bond donors (Lipinski definition) is 12. The highest BCUT2D eigenvalue weighted by molar-refractivity contribution is 5.97. The van der Waals surface area contributed by atoms with E-state index in [2.05, 4.69) is 47.5 Å². The summed E-state index contributed by atoms with van der Waals surface area (Å²) < 4.78 is 31.9. The van der Waals surface area contributed by atoms with E-state index in [0.717, 1.165) is 23.8 Å². The van der Waals surface area contributed by atoms with Crippen LogP contribution in [0, 0.1) is 17.0 Å². The Hall–Kier alpha value is -9.67. The van der Waals surface area contributed by atoms with Crippen LogP contribution in [0.25, 0.3) is 11.1 Å². The minimum absolute atomic E-state index is 0.0875. The highest BCUT2D eigenvalue weighted by Crippen LogP contribution is 2.41. The predicted octanol–water partition coefficient (Wildman–Crippen LogP) is -0.165. The zero-order chi connectivity index (χ0) is 64.5. The third-order valence-corrected chi connectivity index (χ3v) is 13.2. The summed E-state index contributed by atoms with van der Waals surface area (Å²) in [6.45, 7) is 5.00. The molecule has 2 aromatic carbocycles. The lowest BCUT2D eigenvalue weighted by Crippen LogP contribution is -2.58. The van der Waals surface area contributed by atoms with E-state index in [9.17, 15) is 72.1 Å². The van der Waals surface area contributed by atoms with Gasteiger partial charge in [-0.2, -0.15) is 0 Å². The largest absolute Gasteiger partial charge is 0.481 e. The molecule has 0 aliphatic carbocycles. The molecule has 0 radical (unpaired) electrons. The van der Waals surface area contributed by atoms with E-state index in [4.69, 9.17) is 10.8 Å². The molecule has 0 fully saturated rings. The smallest absolute Gasteiger partial charge is 0.303 e. The number of halogens is 2. The topological polar surface area (TPSA) is 409 Å². The number of rotatable bonds is 34. The average molecular weight is 1220 g/mol. The highest BCUT2D eigenvalue weighted by Gasteiger charge is 2.39. The molecule has 0 aliphatic heterocycles. The van der Waals surface area contributed by atoms with E-state index < -0.39 is 196 Å². The minimum atomic E-state index is -1.82. The first-order valence-electron chi connectivity index (χ1n) is 27.6.